The summed E-state index contributed by atoms with van der Waals surface area (Å²) in [5, 5.41) is 0. The van der Waals surface area contributed by atoms with Crippen LogP contribution in [0.25, 0.3) is 0 Å². The lowest BCUT2D eigenvalue weighted by Gasteiger charge is -2.09. The largest absolute Gasteiger partial charge is 0.399 e. The Bertz CT molecular complexity index is 743. The van der Waals surface area contributed by atoms with E-state index in [0.717, 1.165) is 30.3 Å². The Kier molecular flexibility index (Phi) is 3.58. The average Bonchev–Trinajstić information content (AvgIpc) is 2.32. The van der Waals surface area contributed by atoms with Crippen molar-refractivity contribution in [2.75, 3.05) is 10.5 Å². The number of sulfonamides is 1. The molecule has 20 heavy (non-hydrogen) atoms. The molecule has 2 aromatic carbocycles. The second kappa shape index (κ2) is 5.04. The molecule has 0 saturated carbocycles. The van der Waals surface area contributed by atoms with Crippen molar-refractivity contribution in [3.8, 4) is 0 Å². The van der Waals surface area contributed by atoms with Gasteiger partial charge in [-0.25, -0.2) is 21.6 Å². The summed E-state index contributed by atoms with van der Waals surface area (Å²) in [5.74, 6) is -2.63. The van der Waals surface area contributed by atoms with Crippen molar-refractivity contribution in [3.63, 3.8) is 0 Å². The summed E-state index contributed by atoms with van der Waals surface area (Å²) >= 11 is 0. The van der Waals surface area contributed by atoms with E-state index < -0.39 is 38.1 Å². The van der Waals surface area contributed by atoms with Crippen molar-refractivity contribution in [3.05, 3.63) is 53.8 Å². The number of nitrogens with one attached hydrogen (secondary N) is 1. The monoisotopic (exact) mass is 302 g/mol. The molecule has 8 heteroatoms. The number of anilines is 2. The Hall–Kier alpha value is -2.22. The summed E-state index contributed by atoms with van der Waals surface area (Å²) in [4.78, 5) is -0.487. The van der Waals surface area contributed by atoms with Crippen LogP contribution in [0.4, 0.5) is 24.5 Å². The first-order valence-corrected chi connectivity index (χ1v) is 6.80. The van der Waals surface area contributed by atoms with E-state index in [-0.39, 0.29) is 5.69 Å². The SMILES string of the molecule is Nc1cc(F)cc(S(=O)(=O)Nc2cc(F)ccc2F)c1. The summed E-state index contributed by atoms with van der Waals surface area (Å²) in [6.45, 7) is 0. The van der Waals surface area contributed by atoms with E-state index in [9.17, 15) is 21.6 Å². The van der Waals surface area contributed by atoms with Crippen molar-refractivity contribution in [2.45, 2.75) is 4.90 Å². The molecule has 106 valence electrons. The molecule has 0 atom stereocenters. The van der Waals surface area contributed by atoms with Crippen molar-refractivity contribution in [1.82, 2.24) is 0 Å². The minimum absolute atomic E-state index is 0.106. The Morgan fingerprint density at radius 3 is 2.30 bits per heavy atom. The first-order chi connectivity index (χ1) is 9.28. The molecule has 0 saturated heterocycles. The van der Waals surface area contributed by atoms with Crippen LogP contribution < -0.4 is 10.5 Å². The summed E-state index contributed by atoms with van der Waals surface area (Å²) in [7, 11) is -4.27. The molecular formula is C12H9F3N2O2S. The molecule has 0 bridgehead atoms. The van der Waals surface area contributed by atoms with Gasteiger partial charge < -0.3 is 5.73 Å². The number of hydrogen-bond donors (Lipinski definition) is 2. The number of benzene rings is 2. The molecule has 0 radical (unpaired) electrons. The Labute approximate surface area is 113 Å². The van der Waals surface area contributed by atoms with Crippen LogP contribution in [0, 0.1) is 17.5 Å². The van der Waals surface area contributed by atoms with Gasteiger partial charge in [0.05, 0.1) is 10.6 Å². The molecule has 0 unspecified atom stereocenters. The van der Waals surface area contributed by atoms with Gasteiger partial charge in [0.2, 0.25) is 0 Å². The zero-order chi connectivity index (χ0) is 14.9. The predicted molar refractivity (Wildman–Crippen MR) is 68.0 cm³/mol. The fourth-order valence-electron chi connectivity index (χ4n) is 1.52. The standard InChI is InChI=1S/C12H9F3N2O2S/c13-7-1-2-11(15)12(5-7)17-20(18,19)10-4-8(14)3-9(16)6-10/h1-6,17H,16H2. The normalized spacial score (nSPS) is 11.3. The summed E-state index contributed by atoms with van der Waals surface area (Å²) in [6, 6.07) is 4.94. The van der Waals surface area contributed by atoms with Crippen LogP contribution >= 0.6 is 0 Å². The second-order valence-corrected chi connectivity index (χ2v) is 5.63. The molecule has 0 heterocycles. The highest BCUT2D eigenvalue weighted by atomic mass is 32.2. The first kappa shape index (κ1) is 14.2. The fourth-order valence-corrected chi connectivity index (χ4v) is 2.64. The molecule has 0 aliphatic rings. The predicted octanol–water partition coefficient (Wildman–Crippen LogP) is 2.49. The smallest absolute Gasteiger partial charge is 0.262 e. The molecule has 0 aliphatic heterocycles. The lowest BCUT2D eigenvalue weighted by atomic mass is 10.3. The molecule has 0 spiro atoms. The lowest BCUT2D eigenvalue weighted by Crippen LogP contribution is -2.14. The number of halogens is 3. The molecule has 2 aromatic rings. The lowest BCUT2D eigenvalue weighted by molar-refractivity contribution is 0.591. The van der Waals surface area contributed by atoms with Crippen LogP contribution in [0.1, 0.15) is 0 Å². The highest BCUT2D eigenvalue weighted by Gasteiger charge is 2.18. The van der Waals surface area contributed by atoms with Crippen LogP contribution in [0.15, 0.2) is 41.3 Å². The quantitative estimate of drug-likeness (QED) is 0.856. The highest BCUT2D eigenvalue weighted by molar-refractivity contribution is 7.92. The van der Waals surface area contributed by atoms with Gasteiger partial charge in [-0.3, -0.25) is 4.72 Å². The number of hydrogen-bond acceptors (Lipinski definition) is 3. The molecule has 4 nitrogen and oxygen atoms in total. The van der Waals surface area contributed by atoms with E-state index in [1.165, 1.54) is 0 Å². The van der Waals surface area contributed by atoms with Gasteiger partial charge in [0, 0.05) is 11.8 Å². The van der Waals surface area contributed by atoms with Gasteiger partial charge in [-0.15, -0.1) is 0 Å². The van der Waals surface area contributed by atoms with Gasteiger partial charge >= 0.3 is 0 Å². The summed E-state index contributed by atoms with van der Waals surface area (Å²) < 4.78 is 65.2. The highest BCUT2D eigenvalue weighted by Crippen LogP contribution is 2.22. The van der Waals surface area contributed by atoms with Crippen LogP contribution in [-0.2, 0) is 10.0 Å². The van der Waals surface area contributed by atoms with E-state index in [4.69, 9.17) is 5.73 Å². The Balaban J connectivity index is 2.43. The second-order valence-electron chi connectivity index (χ2n) is 3.95. The topological polar surface area (TPSA) is 72.2 Å². The maximum atomic E-state index is 13.4. The van der Waals surface area contributed by atoms with Crippen molar-refractivity contribution in [2.24, 2.45) is 0 Å². The number of nitrogens with two attached hydrogens (primary N) is 1. The number of rotatable bonds is 3. The maximum absolute atomic E-state index is 13.4. The van der Waals surface area contributed by atoms with E-state index in [1.54, 1.807) is 0 Å². The third-order valence-electron chi connectivity index (χ3n) is 2.38. The van der Waals surface area contributed by atoms with Crippen molar-refractivity contribution in [1.29, 1.82) is 0 Å². The minimum atomic E-state index is -4.27. The minimum Gasteiger partial charge on any atom is -0.399 e. The van der Waals surface area contributed by atoms with E-state index in [2.05, 4.69) is 0 Å². The van der Waals surface area contributed by atoms with Crippen LogP contribution in [0.3, 0.4) is 0 Å². The first-order valence-electron chi connectivity index (χ1n) is 5.32. The third kappa shape index (κ3) is 3.02. The molecule has 2 rings (SSSR count). The van der Waals surface area contributed by atoms with Crippen molar-refractivity contribution >= 4 is 21.4 Å². The van der Waals surface area contributed by atoms with Gasteiger partial charge in [-0.1, -0.05) is 0 Å². The Morgan fingerprint density at radius 2 is 1.65 bits per heavy atom. The number of nitrogen functional groups attached to an aromatic ring is 1. The summed E-state index contributed by atoms with van der Waals surface area (Å²) in [5.41, 5.74) is 4.65. The van der Waals surface area contributed by atoms with Crippen LogP contribution in [0.2, 0.25) is 0 Å². The molecular weight excluding hydrogens is 293 g/mol. The van der Waals surface area contributed by atoms with Gasteiger partial charge in [0.1, 0.15) is 17.5 Å². The summed E-state index contributed by atoms with van der Waals surface area (Å²) in [6.07, 6.45) is 0. The zero-order valence-corrected chi connectivity index (χ0v) is 10.7. The maximum Gasteiger partial charge on any atom is 0.262 e. The van der Waals surface area contributed by atoms with Crippen LogP contribution in [0.5, 0.6) is 0 Å². The molecule has 0 amide bonds. The zero-order valence-electron chi connectivity index (χ0n) is 9.90. The van der Waals surface area contributed by atoms with E-state index in [1.807, 2.05) is 4.72 Å². The molecule has 0 aliphatic carbocycles. The van der Waals surface area contributed by atoms with Gasteiger partial charge in [-0.05, 0) is 30.3 Å². The van der Waals surface area contributed by atoms with E-state index >= 15 is 0 Å². The van der Waals surface area contributed by atoms with Crippen LogP contribution in [-0.4, -0.2) is 8.42 Å². The van der Waals surface area contributed by atoms with Gasteiger partial charge in [0.25, 0.3) is 10.0 Å². The van der Waals surface area contributed by atoms with Gasteiger partial charge in [-0.2, -0.15) is 0 Å². The molecule has 3 N–H and O–H groups in total. The van der Waals surface area contributed by atoms with Gasteiger partial charge in [0.15, 0.2) is 0 Å². The fraction of sp³-hybridized carbons (Fsp3) is 0. The van der Waals surface area contributed by atoms with Crippen molar-refractivity contribution < 1.29 is 21.6 Å². The Morgan fingerprint density at radius 1 is 0.950 bits per heavy atom. The molecule has 0 fully saturated rings. The average molecular weight is 302 g/mol. The third-order valence-corrected chi connectivity index (χ3v) is 3.72. The molecule has 0 aromatic heterocycles. The van der Waals surface area contributed by atoms with E-state index in [0.29, 0.717) is 6.07 Å².